The first-order valence-corrected chi connectivity index (χ1v) is 8.31. The molecule has 4 nitrogen and oxygen atoms in total. The second-order valence-corrected chi connectivity index (χ2v) is 10.0. The molecule has 0 aromatic carbocycles. The normalized spacial score (nSPS) is 16.4. The van der Waals surface area contributed by atoms with Crippen molar-refractivity contribution in [1.82, 2.24) is 16.0 Å². The Balaban J connectivity index is 1.98. The van der Waals surface area contributed by atoms with Gasteiger partial charge in [-0.05, 0) is 6.04 Å². The lowest BCUT2D eigenvalue weighted by atomic mass is 10.8. The van der Waals surface area contributed by atoms with Gasteiger partial charge in [0.25, 0.3) is 0 Å². The third-order valence-electron chi connectivity index (χ3n) is 1.77. The zero-order valence-corrected chi connectivity index (χ0v) is 9.63. The van der Waals surface area contributed by atoms with Crippen molar-refractivity contribution >= 4 is 8.07 Å². The highest BCUT2D eigenvalue weighted by Crippen LogP contribution is 2.07. The molecular weight excluding hydrogens is 182 g/mol. The van der Waals surface area contributed by atoms with Crippen LogP contribution in [0.4, 0.5) is 0 Å². The molecule has 0 saturated heterocycles. The van der Waals surface area contributed by atoms with E-state index in [4.69, 9.17) is 4.74 Å². The number of hydrogen-bond acceptors (Lipinski definition) is 4. The molecule has 1 heterocycles. The second-order valence-electron chi connectivity index (χ2n) is 4.39. The van der Waals surface area contributed by atoms with Gasteiger partial charge < -0.3 is 10.2 Å². The summed E-state index contributed by atoms with van der Waals surface area (Å²) in [6.07, 6.45) is 3.75. The molecule has 5 heteroatoms. The van der Waals surface area contributed by atoms with E-state index in [2.05, 4.69) is 30.6 Å². The first-order chi connectivity index (χ1) is 6.08. The summed E-state index contributed by atoms with van der Waals surface area (Å²) in [5.74, 6) is 0. The summed E-state index contributed by atoms with van der Waals surface area (Å²) in [4.78, 5) is 0. The summed E-state index contributed by atoms with van der Waals surface area (Å²) < 4.78 is 5.50. The van der Waals surface area contributed by atoms with E-state index in [9.17, 15) is 0 Å². The Morgan fingerprint density at radius 3 is 2.69 bits per heavy atom. The van der Waals surface area contributed by atoms with E-state index in [1.54, 1.807) is 0 Å². The summed E-state index contributed by atoms with van der Waals surface area (Å²) >= 11 is 0. The Kier molecular flexibility index (Phi) is 3.77. The molecule has 1 aliphatic rings. The zero-order valence-electron chi connectivity index (χ0n) is 8.63. The van der Waals surface area contributed by atoms with Crippen molar-refractivity contribution in [2.24, 2.45) is 0 Å². The Bertz CT molecular complexity index is 179. The number of nitrogens with one attached hydrogen (secondary N) is 2. The quantitative estimate of drug-likeness (QED) is 0.516. The Labute approximate surface area is 80.9 Å². The van der Waals surface area contributed by atoms with Crippen molar-refractivity contribution in [2.45, 2.75) is 25.7 Å². The molecule has 0 atom stereocenters. The van der Waals surface area contributed by atoms with Crippen molar-refractivity contribution in [3.05, 3.63) is 12.4 Å². The van der Waals surface area contributed by atoms with Gasteiger partial charge in [0, 0.05) is 27.1 Å². The number of ether oxygens (including phenoxy) is 1. The van der Waals surface area contributed by atoms with Crippen molar-refractivity contribution in [2.75, 3.05) is 13.3 Å². The largest absolute Gasteiger partial charge is 0.360 e. The number of nitrogens with zero attached hydrogens (tertiary/aromatic N) is 1. The van der Waals surface area contributed by atoms with Crippen LogP contribution in [0.15, 0.2) is 12.4 Å². The van der Waals surface area contributed by atoms with Crippen molar-refractivity contribution in [3.8, 4) is 0 Å². The summed E-state index contributed by atoms with van der Waals surface area (Å²) in [5.41, 5.74) is 5.77. The molecule has 76 valence electrons. The third-order valence-corrected chi connectivity index (χ3v) is 3.48. The Morgan fingerprint density at radius 1 is 1.38 bits per heavy atom. The monoisotopic (exact) mass is 201 g/mol. The molecule has 0 amide bonds. The van der Waals surface area contributed by atoms with Crippen LogP contribution in [0.3, 0.4) is 0 Å². The van der Waals surface area contributed by atoms with Gasteiger partial charge in [-0.15, -0.1) is 5.53 Å². The highest BCUT2D eigenvalue weighted by Gasteiger charge is 2.12. The van der Waals surface area contributed by atoms with Crippen molar-refractivity contribution < 1.29 is 4.74 Å². The van der Waals surface area contributed by atoms with E-state index in [1.807, 2.05) is 17.4 Å². The predicted molar refractivity (Wildman–Crippen MR) is 56.2 cm³/mol. The van der Waals surface area contributed by atoms with E-state index < -0.39 is 8.07 Å². The average molecular weight is 201 g/mol. The molecule has 0 saturated carbocycles. The average Bonchev–Trinajstić information content (AvgIpc) is 2.48. The van der Waals surface area contributed by atoms with E-state index in [0.717, 1.165) is 6.61 Å². The van der Waals surface area contributed by atoms with Gasteiger partial charge in [-0.3, -0.25) is 5.01 Å². The summed E-state index contributed by atoms with van der Waals surface area (Å²) in [5, 5.41) is 1.87. The van der Waals surface area contributed by atoms with Crippen LogP contribution in [0.5, 0.6) is 0 Å². The van der Waals surface area contributed by atoms with E-state index in [0.29, 0.717) is 6.73 Å². The molecular formula is C8H19N3OSi. The molecule has 0 radical (unpaired) electrons. The second kappa shape index (κ2) is 4.64. The number of hydrazine groups is 2. The molecule has 1 aliphatic heterocycles. The summed E-state index contributed by atoms with van der Waals surface area (Å²) in [6.45, 7) is 8.53. The lowest BCUT2D eigenvalue weighted by Crippen LogP contribution is -2.37. The van der Waals surface area contributed by atoms with Gasteiger partial charge in [0.15, 0.2) is 0 Å². The molecule has 0 fully saturated rings. The lowest BCUT2D eigenvalue weighted by Gasteiger charge is -2.18. The number of hydrogen-bond donors (Lipinski definition) is 2. The van der Waals surface area contributed by atoms with Crippen LogP contribution in [-0.2, 0) is 4.74 Å². The van der Waals surface area contributed by atoms with Crippen LogP contribution >= 0.6 is 0 Å². The van der Waals surface area contributed by atoms with Crippen molar-refractivity contribution in [3.63, 3.8) is 0 Å². The Hall–Kier alpha value is -0.523. The maximum absolute atomic E-state index is 5.50. The molecule has 0 aromatic rings. The van der Waals surface area contributed by atoms with Crippen LogP contribution in [-0.4, -0.2) is 26.4 Å². The van der Waals surface area contributed by atoms with E-state index in [1.165, 1.54) is 6.04 Å². The van der Waals surface area contributed by atoms with Crippen LogP contribution in [0.2, 0.25) is 25.7 Å². The topological polar surface area (TPSA) is 36.5 Å². The zero-order chi connectivity index (χ0) is 9.73. The first-order valence-electron chi connectivity index (χ1n) is 4.60. The summed E-state index contributed by atoms with van der Waals surface area (Å²) in [7, 11) is -0.932. The van der Waals surface area contributed by atoms with Gasteiger partial charge in [0.05, 0.1) is 0 Å². The molecule has 0 aromatic heterocycles. The van der Waals surface area contributed by atoms with Crippen molar-refractivity contribution in [1.29, 1.82) is 0 Å². The first kappa shape index (κ1) is 10.6. The lowest BCUT2D eigenvalue weighted by molar-refractivity contribution is 0.0366. The minimum absolute atomic E-state index is 0.605. The third kappa shape index (κ3) is 4.92. The maximum Gasteiger partial charge on any atom is 0.134 e. The van der Waals surface area contributed by atoms with E-state index in [-0.39, 0.29) is 0 Å². The van der Waals surface area contributed by atoms with E-state index >= 15 is 0 Å². The molecule has 0 unspecified atom stereocenters. The fraction of sp³-hybridized carbons (Fsp3) is 0.750. The fourth-order valence-corrected chi connectivity index (χ4v) is 1.66. The standard InChI is InChI=1S/C8H19N3OSi/c1-13(2,3)7-6-12-8-11-5-4-9-10-11/h4-5,9-10H,6-8H2,1-3H3. The van der Waals surface area contributed by atoms with Gasteiger partial charge in [-0.2, -0.15) is 0 Å². The fourth-order valence-electron chi connectivity index (χ4n) is 0.901. The molecule has 0 aliphatic carbocycles. The molecule has 13 heavy (non-hydrogen) atoms. The number of rotatable bonds is 5. The Morgan fingerprint density at radius 2 is 2.15 bits per heavy atom. The molecule has 2 N–H and O–H groups in total. The van der Waals surface area contributed by atoms with Gasteiger partial charge >= 0.3 is 0 Å². The highest BCUT2D eigenvalue weighted by atomic mass is 28.3. The highest BCUT2D eigenvalue weighted by molar-refractivity contribution is 6.76. The van der Waals surface area contributed by atoms with Gasteiger partial charge in [-0.25, -0.2) is 0 Å². The summed E-state index contributed by atoms with van der Waals surface area (Å²) in [6, 6.07) is 1.22. The smallest absolute Gasteiger partial charge is 0.134 e. The van der Waals surface area contributed by atoms with Crippen LogP contribution in [0, 0.1) is 0 Å². The van der Waals surface area contributed by atoms with Gasteiger partial charge in [0.1, 0.15) is 6.73 Å². The van der Waals surface area contributed by atoms with Crippen LogP contribution in [0.1, 0.15) is 0 Å². The van der Waals surface area contributed by atoms with Gasteiger partial charge in [0.2, 0.25) is 0 Å². The SMILES string of the molecule is C[Si](C)(C)CCOCN1C=CNN1. The molecule has 0 bridgehead atoms. The molecule has 0 spiro atoms. The minimum atomic E-state index is -0.932. The predicted octanol–water partition coefficient (Wildman–Crippen LogP) is 1.09. The van der Waals surface area contributed by atoms with Crippen LogP contribution < -0.4 is 11.0 Å². The van der Waals surface area contributed by atoms with Crippen LogP contribution in [0.25, 0.3) is 0 Å². The van der Waals surface area contributed by atoms with Gasteiger partial charge in [-0.1, -0.05) is 19.6 Å². The molecule has 1 rings (SSSR count). The minimum Gasteiger partial charge on any atom is -0.360 e. The maximum atomic E-state index is 5.50.